The molecular formula is C20H21ClN2O3. The van der Waals surface area contributed by atoms with Gasteiger partial charge in [-0.25, -0.2) is 0 Å². The highest BCUT2D eigenvalue weighted by Gasteiger charge is 2.48. The third-order valence-electron chi connectivity index (χ3n) is 4.54. The number of para-hydroxylation sites is 1. The van der Waals surface area contributed by atoms with Crippen molar-refractivity contribution in [3.8, 4) is 5.75 Å². The fraction of sp³-hybridized carbons (Fsp3) is 0.300. The molecule has 1 saturated carbocycles. The van der Waals surface area contributed by atoms with Crippen molar-refractivity contribution < 1.29 is 14.3 Å². The Balaban J connectivity index is 1.58. The number of carbonyl (C=O) groups is 2. The lowest BCUT2D eigenvalue weighted by molar-refractivity contribution is -0.122. The third-order valence-corrected chi connectivity index (χ3v) is 4.83. The molecule has 3 rings (SSSR count). The molecular weight excluding hydrogens is 352 g/mol. The minimum absolute atomic E-state index is 0.112. The molecule has 2 amide bonds. The highest BCUT2D eigenvalue weighted by atomic mass is 35.5. The van der Waals surface area contributed by atoms with E-state index in [1.165, 1.54) is 7.11 Å². The number of rotatable bonds is 6. The first-order chi connectivity index (χ1) is 12.5. The minimum atomic E-state index is -0.315. The number of hydrogen-bond acceptors (Lipinski definition) is 3. The van der Waals surface area contributed by atoms with Crippen LogP contribution in [0.1, 0.15) is 18.9 Å². The lowest BCUT2D eigenvalue weighted by atomic mass is 10.1. The van der Waals surface area contributed by atoms with E-state index in [9.17, 15) is 9.59 Å². The van der Waals surface area contributed by atoms with Gasteiger partial charge in [0.25, 0.3) is 0 Å². The van der Waals surface area contributed by atoms with Crippen LogP contribution in [0.4, 0.5) is 11.4 Å². The van der Waals surface area contributed by atoms with Gasteiger partial charge in [0.2, 0.25) is 11.8 Å². The Labute approximate surface area is 157 Å². The average molecular weight is 373 g/mol. The van der Waals surface area contributed by atoms with E-state index < -0.39 is 0 Å². The maximum atomic E-state index is 12.4. The van der Waals surface area contributed by atoms with Crippen molar-refractivity contribution in [2.45, 2.75) is 19.8 Å². The second-order valence-electron chi connectivity index (χ2n) is 6.29. The van der Waals surface area contributed by atoms with Crippen LogP contribution in [0.3, 0.4) is 0 Å². The molecule has 0 aliphatic heterocycles. The Hall–Kier alpha value is -2.53. The highest BCUT2D eigenvalue weighted by Crippen LogP contribution is 2.40. The zero-order valence-corrected chi connectivity index (χ0v) is 15.5. The normalized spacial score (nSPS) is 18.1. The summed E-state index contributed by atoms with van der Waals surface area (Å²) in [7, 11) is 1.53. The second kappa shape index (κ2) is 7.79. The highest BCUT2D eigenvalue weighted by molar-refractivity contribution is 6.32. The SMILES string of the molecule is CCc1ccccc1NC(=O)C1CC1C(=O)Nc1ccc(OC)c(Cl)c1. The van der Waals surface area contributed by atoms with E-state index >= 15 is 0 Å². The molecule has 2 atom stereocenters. The van der Waals surface area contributed by atoms with Gasteiger partial charge >= 0.3 is 0 Å². The van der Waals surface area contributed by atoms with Crippen LogP contribution in [-0.4, -0.2) is 18.9 Å². The van der Waals surface area contributed by atoms with E-state index in [-0.39, 0.29) is 23.7 Å². The van der Waals surface area contributed by atoms with Crippen LogP contribution in [0.15, 0.2) is 42.5 Å². The molecule has 136 valence electrons. The van der Waals surface area contributed by atoms with Crippen molar-refractivity contribution in [3.05, 3.63) is 53.1 Å². The van der Waals surface area contributed by atoms with Crippen LogP contribution in [0.2, 0.25) is 5.02 Å². The van der Waals surface area contributed by atoms with Crippen LogP contribution < -0.4 is 15.4 Å². The summed E-state index contributed by atoms with van der Waals surface area (Å²) in [6.07, 6.45) is 1.39. The van der Waals surface area contributed by atoms with Crippen molar-refractivity contribution in [1.29, 1.82) is 0 Å². The molecule has 2 aromatic rings. The minimum Gasteiger partial charge on any atom is -0.495 e. The number of methoxy groups -OCH3 is 1. The molecule has 6 heteroatoms. The van der Waals surface area contributed by atoms with Crippen molar-refractivity contribution in [1.82, 2.24) is 0 Å². The zero-order chi connectivity index (χ0) is 18.7. The largest absolute Gasteiger partial charge is 0.495 e. The Morgan fingerprint density at radius 3 is 2.46 bits per heavy atom. The van der Waals surface area contributed by atoms with Gasteiger partial charge in [-0.2, -0.15) is 0 Å². The van der Waals surface area contributed by atoms with Gasteiger partial charge in [0.05, 0.1) is 24.0 Å². The monoisotopic (exact) mass is 372 g/mol. The van der Waals surface area contributed by atoms with Crippen molar-refractivity contribution >= 4 is 34.8 Å². The van der Waals surface area contributed by atoms with Crippen LogP contribution in [0.25, 0.3) is 0 Å². The second-order valence-corrected chi connectivity index (χ2v) is 6.69. The molecule has 2 unspecified atom stereocenters. The van der Waals surface area contributed by atoms with Crippen LogP contribution >= 0.6 is 11.6 Å². The standard InChI is InChI=1S/C20H21ClN2O3/c1-3-12-6-4-5-7-17(12)23-20(25)15-11-14(15)19(24)22-13-8-9-18(26-2)16(21)10-13/h4-10,14-15H,3,11H2,1-2H3,(H,22,24)(H,23,25). The van der Waals surface area contributed by atoms with E-state index in [2.05, 4.69) is 10.6 Å². The van der Waals surface area contributed by atoms with Crippen LogP contribution in [-0.2, 0) is 16.0 Å². The van der Waals surface area contributed by atoms with Gasteiger partial charge in [0.15, 0.2) is 0 Å². The Morgan fingerprint density at radius 1 is 1.12 bits per heavy atom. The number of carbonyl (C=O) groups excluding carboxylic acids is 2. The number of nitrogens with one attached hydrogen (secondary N) is 2. The first kappa shape index (κ1) is 18.3. The van der Waals surface area contributed by atoms with Crippen LogP contribution in [0, 0.1) is 11.8 Å². The summed E-state index contributed by atoms with van der Waals surface area (Å²) in [5.74, 6) is -0.352. The summed E-state index contributed by atoms with van der Waals surface area (Å²) >= 11 is 6.07. The van der Waals surface area contributed by atoms with Crippen LogP contribution in [0.5, 0.6) is 5.75 Å². The van der Waals surface area contributed by atoms with Crippen molar-refractivity contribution in [3.63, 3.8) is 0 Å². The molecule has 26 heavy (non-hydrogen) atoms. The number of benzene rings is 2. The Kier molecular flexibility index (Phi) is 5.47. The van der Waals surface area contributed by atoms with E-state index in [0.717, 1.165) is 17.7 Å². The predicted molar refractivity (Wildman–Crippen MR) is 103 cm³/mol. The quantitative estimate of drug-likeness (QED) is 0.801. The van der Waals surface area contributed by atoms with Gasteiger partial charge in [0.1, 0.15) is 5.75 Å². The van der Waals surface area contributed by atoms with Gasteiger partial charge in [-0.3, -0.25) is 9.59 Å². The zero-order valence-electron chi connectivity index (χ0n) is 14.7. The van der Waals surface area contributed by atoms with E-state index in [4.69, 9.17) is 16.3 Å². The summed E-state index contributed by atoms with van der Waals surface area (Å²) < 4.78 is 5.09. The Bertz CT molecular complexity index is 838. The molecule has 0 heterocycles. The maximum absolute atomic E-state index is 12.4. The lowest BCUT2D eigenvalue weighted by Gasteiger charge is -2.10. The number of aryl methyl sites for hydroxylation is 1. The topological polar surface area (TPSA) is 67.4 Å². The summed E-state index contributed by atoms with van der Waals surface area (Å²) in [6.45, 7) is 2.04. The molecule has 2 aromatic carbocycles. The number of halogens is 1. The Morgan fingerprint density at radius 2 is 1.81 bits per heavy atom. The average Bonchev–Trinajstić information content (AvgIpc) is 3.43. The summed E-state index contributed by atoms with van der Waals surface area (Å²) in [6, 6.07) is 12.7. The summed E-state index contributed by atoms with van der Waals surface area (Å²) in [5.41, 5.74) is 2.48. The molecule has 0 radical (unpaired) electrons. The number of amides is 2. The van der Waals surface area contributed by atoms with Gasteiger partial charge in [0, 0.05) is 11.4 Å². The van der Waals surface area contributed by atoms with Gasteiger partial charge in [-0.05, 0) is 42.7 Å². The molecule has 1 fully saturated rings. The van der Waals surface area contributed by atoms with Crippen molar-refractivity contribution in [2.24, 2.45) is 11.8 Å². The lowest BCUT2D eigenvalue weighted by Crippen LogP contribution is -2.21. The fourth-order valence-electron chi connectivity index (χ4n) is 2.93. The number of anilines is 2. The van der Waals surface area contributed by atoms with Gasteiger partial charge < -0.3 is 15.4 Å². The van der Waals surface area contributed by atoms with Gasteiger partial charge in [-0.15, -0.1) is 0 Å². The molecule has 5 nitrogen and oxygen atoms in total. The first-order valence-corrected chi connectivity index (χ1v) is 8.94. The molecule has 0 saturated heterocycles. The molecule has 0 spiro atoms. The maximum Gasteiger partial charge on any atom is 0.228 e. The summed E-state index contributed by atoms with van der Waals surface area (Å²) in [5, 5.41) is 6.17. The van der Waals surface area contributed by atoms with Crippen molar-refractivity contribution in [2.75, 3.05) is 17.7 Å². The smallest absolute Gasteiger partial charge is 0.228 e. The fourth-order valence-corrected chi connectivity index (χ4v) is 3.19. The third kappa shape index (κ3) is 3.99. The predicted octanol–water partition coefficient (Wildman–Crippen LogP) is 4.12. The molecule has 2 N–H and O–H groups in total. The molecule has 0 aromatic heterocycles. The number of ether oxygens (including phenoxy) is 1. The molecule has 1 aliphatic carbocycles. The van der Waals surface area contributed by atoms with E-state index in [1.54, 1.807) is 18.2 Å². The summed E-state index contributed by atoms with van der Waals surface area (Å²) in [4.78, 5) is 24.8. The molecule has 0 bridgehead atoms. The van der Waals surface area contributed by atoms with Gasteiger partial charge in [-0.1, -0.05) is 36.7 Å². The molecule has 1 aliphatic rings. The first-order valence-electron chi connectivity index (χ1n) is 8.56. The van der Waals surface area contributed by atoms with E-state index in [1.807, 2.05) is 31.2 Å². The number of hydrogen-bond donors (Lipinski definition) is 2. The van der Waals surface area contributed by atoms with E-state index in [0.29, 0.717) is 22.9 Å².